The monoisotopic (exact) mass is 335 g/mol. The molecule has 134 valence electrons. The zero-order valence-corrected chi connectivity index (χ0v) is 14.8. The second-order valence-electron chi connectivity index (χ2n) is 7.04. The SMILES string of the molecule is CCNC(=NCC1(C)CCOC1)N1CCN(Cc2ccon2)CC1. The van der Waals surface area contributed by atoms with Crippen molar-refractivity contribution in [3.8, 4) is 0 Å². The number of piperazine rings is 1. The summed E-state index contributed by atoms with van der Waals surface area (Å²) in [6.07, 6.45) is 2.73. The highest BCUT2D eigenvalue weighted by Gasteiger charge is 2.30. The molecule has 0 aromatic carbocycles. The van der Waals surface area contributed by atoms with Crippen molar-refractivity contribution in [3.05, 3.63) is 18.0 Å². The first-order chi connectivity index (χ1) is 11.7. The van der Waals surface area contributed by atoms with Gasteiger partial charge < -0.3 is 19.5 Å². The van der Waals surface area contributed by atoms with Crippen LogP contribution in [0.15, 0.2) is 21.8 Å². The van der Waals surface area contributed by atoms with Crippen molar-refractivity contribution < 1.29 is 9.26 Å². The highest BCUT2D eigenvalue weighted by atomic mass is 16.5. The van der Waals surface area contributed by atoms with E-state index in [1.165, 1.54) is 0 Å². The Labute approximate surface area is 144 Å². The first-order valence-corrected chi connectivity index (χ1v) is 8.91. The Morgan fingerprint density at radius 2 is 2.21 bits per heavy atom. The Hall–Kier alpha value is -1.60. The maximum absolute atomic E-state index is 5.54. The molecule has 2 aliphatic heterocycles. The first kappa shape index (κ1) is 17.2. The molecule has 7 heteroatoms. The van der Waals surface area contributed by atoms with Gasteiger partial charge in [0.05, 0.1) is 18.8 Å². The largest absolute Gasteiger partial charge is 0.381 e. The van der Waals surface area contributed by atoms with Gasteiger partial charge in [0.2, 0.25) is 0 Å². The van der Waals surface area contributed by atoms with Gasteiger partial charge in [0.25, 0.3) is 0 Å². The third kappa shape index (κ3) is 4.48. The molecule has 2 saturated heterocycles. The number of nitrogens with one attached hydrogen (secondary N) is 1. The van der Waals surface area contributed by atoms with Crippen LogP contribution in [0, 0.1) is 5.41 Å². The van der Waals surface area contributed by atoms with E-state index in [2.05, 4.69) is 34.1 Å². The molecule has 1 atom stereocenters. The topological polar surface area (TPSA) is 66.1 Å². The molecule has 1 aromatic rings. The molecule has 1 unspecified atom stereocenters. The predicted octanol–water partition coefficient (Wildman–Crippen LogP) is 1.18. The van der Waals surface area contributed by atoms with E-state index in [1.54, 1.807) is 6.26 Å². The number of rotatable bonds is 5. The Kier molecular flexibility index (Phi) is 5.73. The summed E-state index contributed by atoms with van der Waals surface area (Å²) < 4.78 is 10.4. The van der Waals surface area contributed by atoms with Gasteiger partial charge in [0.15, 0.2) is 5.96 Å². The van der Waals surface area contributed by atoms with Crippen LogP contribution < -0.4 is 5.32 Å². The van der Waals surface area contributed by atoms with Crippen LogP contribution in [-0.4, -0.2) is 73.4 Å². The normalized spacial score (nSPS) is 26.1. The molecule has 3 heterocycles. The molecule has 0 aliphatic carbocycles. The molecule has 24 heavy (non-hydrogen) atoms. The highest BCUT2D eigenvalue weighted by molar-refractivity contribution is 5.80. The van der Waals surface area contributed by atoms with Crippen molar-refractivity contribution in [1.29, 1.82) is 0 Å². The van der Waals surface area contributed by atoms with Gasteiger partial charge in [-0.05, 0) is 13.3 Å². The van der Waals surface area contributed by atoms with Gasteiger partial charge in [-0.25, -0.2) is 0 Å². The molecule has 0 spiro atoms. The molecule has 2 aliphatic rings. The van der Waals surface area contributed by atoms with Gasteiger partial charge in [-0.2, -0.15) is 0 Å². The van der Waals surface area contributed by atoms with E-state index in [1.807, 2.05) is 6.07 Å². The summed E-state index contributed by atoms with van der Waals surface area (Å²) in [5.74, 6) is 1.03. The Morgan fingerprint density at radius 1 is 1.38 bits per heavy atom. The summed E-state index contributed by atoms with van der Waals surface area (Å²) in [5.41, 5.74) is 1.19. The second-order valence-corrected chi connectivity index (χ2v) is 7.04. The van der Waals surface area contributed by atoms with Gasteiger partial charge >= 0.3 is 0 Å². The molecule has 0 saturated carbocycles. The smallest absolute Gasteiger partial charge is 0.194 e. The van der Waals surface area contributed by atoms with Gasteiger partial charge in [0.1, 0.15) is 6.26 Å². The van der Waals surface area contributed by atoms with Gasteiger partial charge in [-0.15, -0.1) is 0 Å². The molecule has 1 N–H and O–H groups in total. The van der Waals surface area contributed by atoms with E-state index in [0.29, 0.717) is 0 Å². The number of ether oxygens (including phenoxy) is 1. The maximum atomic E-state index is 5.54. The standard InChI is InChI=1S/C17H29N5O2/c1-3-18-16(19-13-17(2)5-11-23-14-17)22-8-6-21(7-9-22)12-15-4-10-24-20-15/h4,10H,3,5-9,11-14H2,1-2H3,(H,18,19). The minimum atomic E-state index is 0.190. The zero-order valence-electron chi connectivity index (χ0n) is 14.8. The van der Waals surface area contributed by atoms with E-state index in [4.69, 9.17) is 14.3 Å². The lowest BCUT2D eigenvalue weighted by atomic mass is 9.90. The van der Waals surface area contributed by atoms with Crippen molar-refractivity contribution in [2.75, 3.05) is 52.5 Å². The molecule has 0 bridgehead atoms. The van der Waals surface area contributed by atoms with Crippen LogP contribution in [0.25, 0.3) is 0 Å². The molecule has 1 aromatic heterocycles. The average molecular weight is 335 g/mol. The summed E-state index contributed by atoms with van der Waals surface area (Å²) in [4.78, 5) is 9.67. The molecule has 2 fully saturated rings. The quantitative estimate of drug-likeness (QED) is 0.644. The van der Waals surface area contributed by atoms with Crippen LogP contribution in [0.1, 0.15) is 26.0 Å². The maximum Gasteiger partial charge on any atom is 0.194 e. The number of guanidine groups is 1. The van der Waals surface area contributed by atoms with Crippen molar-refractivity contribution in [3.63, 3.8) is 0 Å². The minimum absolute atomic E-state index is 0.190. The van der Waals surface area contributed by atoms with Crippen molar-refractivity contribution in [2.45, 2.75) is 26.8 Å². The Balaban J connectivity index is 1.53. The van der Waals surface area contributed by atoms with Crippen LogP contribution in [0.4, 0.5) is 0 Å². The third-order valence-electron chi connectivity index (χ3n) is 4.79. The predicted molar refractivity (Wildman–Crippen MR) is 92.9 cm³/mol. The second kappa shape index (κ2) is 7.98. The van der Waals surface area contributed by atoms with E-state index >= 15 is 0 Å². The number of nitrogens with zero attached hydrogens (tertiary/aromatic N) is 4. The summed E-state index contributed by atoms with van der Waals surface area (Å²) >= 11 is 0. The molecule has 0 radical (unpaired) electrons. The Morgan fingerprint density at radius 3 is 2.83 bits per heavy atom. The van der Waals surface area contributed by atoms with Gasteiger partial charge in [0, 0.05) is 57.4 Å². The number of aromatic nitrogens is 1. The summed E-state index contributed by atoms with van der Waals surface area (Å²) in [6.45, 7) is 12.6. The molecule has 0 amide bonds. The van der Waals surface area contributed by atoms with Crippen LogP contribution >= 0.6 is 0 Å². The van der Waals surface area contributed by atoms with E-state index in [0.717, 1.165) is 77.1 Å². The van der Waals surface area contributed by atoms with Crippen LogP contribution in [0.5, 0.6) is 0 Å². The first-order valence-electron chi connectivity index (χ1n) is 8.91. The number of hydrogen-bond donors (Lipinski definition) is 1. The highest BCUT2D eigenvalue weighted by Crippen LogP contribution is 2.28. The van der Waals surface area contributed by atoms with Crippen molar-refractivity contribution in [2.24, 2.45) is 10.4 Å². The fourth-order valence-corrected chi connectivity index (χ4v) is 3.19. The van der Waals surface area contributed by atoms with Crippen molar-refractivity contribution in [1.82, 2.24) is 20.3 Å². The average Bonchev–Trinajstić information content (AvgIpc) is 3.25. The fourth-order valence-electron chi connectivity index (χ4n) is 3.19. The molecular formula is C17H29N5O2. The third-order valence-corrected chi connectivity index (χ3v) is 4.79. The Bertz CT molecular complexity index is 517. The summed E-state index contributed by atoms with van der Waals surface area (Å²) in [7, 11) is 0. The molecular weight excluding hydrogens is 306 g/mol. The zero-order chi connectivity index (χ0) is 16.8. The van der Waals surface area contributed by atoms with Crippen molar-refractivity contribution >= 4 is 5.96 Å². The van der Waals surface area contributed by atoms with E-state index in [9.17, 15) is 0 Å². The molecule has 3 rings (SSSR count). The summed E-state index contributed by atoms with van der Waals surface area (Å²) in [6, 6.07) is 1.93. The van der Waals surface area contributed by atoms with Crippen LogP contribution in [-0.2, 0) is 11.3 Å². The van der Waals surface area contributed by atoms with E-state index < -0.39 is 0 Å². The summed E-state index contributed by atoms with van der Waals surface area (Å²) in [5, 5.41) is 7.44. The molecule has 7 nitrogen and oxygen atoms in total. The number of aliphatic imine (C=N–C) groups is 1. The van der Waals surface area contributed by atoms with Crippen LogP contribution in [0.2, 0.25) is 0 Å². The fraction of sp³-hybridized carbons (Fsp3) is 0.765. The van der Waals surface area contributed by atoms with Gasteiger partial charge in [-0.3, -0.25) is 9.89 Å². The lowest BCUT2D eigenvalue weighted by Gasteiger charge is -2.36. The minimum Gasteiger partial charge on any atom is -0.381 e. The van der Waals surface area contributed by atoms with E-state index in [-0.39, 0.29) is 5.41 Å². The number of hydrogen-bond acceptors (Lipinski definition) is 5. The van der Waals surface area contributed by atoms with Gasteiger partial charge in [-0.1, -0.05) is 12.1 Å². The lowest BCUT2D eigenvalue weighted by molar-refractivity contribution is 0.160. The lowest BCUT2D eigenvalue weighted by Crippen LogP contribution is -2.52. The van der Waals surface area contributed by atoms with Crippen LogP contribution in [0.3, 0.4) is 0 Å².